The molecular weight excluding hydrogens is 494 g/mol. The van der Waals surface area contributed by atoms with Gasteiger partial charge in [0.05, 0.1) is 17.0 Å². The second kappa shape index (κ2) is 11.6. The quantitative estimate of drug-likeness (QED) is 0.361. The van der Waals surface area contributed by atoms with Crippen molar-refractivity contribution in [2.24, 2.45) is 5.41 Å². The van der Waals surface area contributed by atoms with Crippen LogP contribution in [0.4, 0.5) is 4.39 Å². The van der Waals surface area contributed by atoms with Gasteiger partial charge in [0.2, 0.25) is 0 Å². The third kappa shape index (κ3) is 7.01. The average molecular weight is 519 g/mol. The lowest BCUT2D eigenvalue weighted by Gasteiger charge is -2.29. The number of rotatable bonds is 10. The summed E-state index contributed by atoms with van der Waals surface area (Å²) >= 11 is 11.9. The molecule has 184 valence electrons. The zero-order chi connectivity index (χ0) is 25.6. The van der Waals surface area contributed by atoms with Gasteiger partial charge in [-0.05, 0) is 61.2 Å². The first-order valence-electron chi connectivity index (χ1n) is 10.8. The highest BCUT2D eigenvalue weighted by molar-refractivity contribution is 6.31. The summed E-state index contributed by atoms with van der Waals surface area (Å²) in [5, 5.41) is 13.5. The Morgan fingerprint density at radius 3 is 2.40 bits per heavy atom. The smallest absolute Gasteiger partial charge is 0.311 e. The van der Waals surface area contributed by atoms with Crippen molar-refractivity contribution in [2.45, 2.75) is 25.8 Å². The predicted molar refractivity (Wildman–Crippen MR) is 133 cm³/mol. The molecule has 0 saturated heterocycles. The number of hydrogen-bond donors (Lipinski definition) is 2. The highest BCUT2D eigenvalue weighted by Gasteiger charge is 2.36. The van der Waals surface area contributed by atoms with Gasteiger partial charge in [-0.1, -0.05) is 47.5 Å². The Morgan fingerprint density at radius 1 is 1.11 bits per heavy atom. The Hall–Kier alpha value is -3.00. The van der Waals surface area contributed by atoms with Crippen LogP contribution in [0, 0.1) is 11.2 Å². The third-order valence-corrected chi connectivity index (χ3v) is 6.11. The third-order valence-electron chi connectivity index (χ3n) is 5.65. The number of carboxylic acids is 1. The summed E-state index contributed by atoms with van der Waals surface area (Å²) in [4.78, 5) is 28.9. The van der Waals surface area contributed by atoms with E-state index in [-0.39, 0.29) is 24.5 Å². The van der Waals surface area contributed by atoms with E-state index in [0.29, 0.717) is 27.6 Å². The molecule has 3 rings (SSSR count). The molecule has 2 aromatic carbocycles. The van der Waals surface area contributed by atoms with Crippen molar-refractivity contribution >= 4 is 35.1 Å². The Morgan fingerprint density at radius 2 is 1.80 bits per heavy atom. The maximum absolute atomic E-state index is 14.2. The fraction of sp³-hybridized carbons (Fsp3) is 0.269. The number of carboxylic acid groups (broad SMARTS) is 1. The number of halogens is 3. The first-order valence-corrected chi connectivity index (χ1v) is 11.6. The van der Waals surface area contributed by atoms with Crippen molar-refractivity contribution in [2.75, 3.05) is 13.7 Å². The Bertz CT molecular complexity index is 1190. The van der Waals surface area contributed by atoms with Gasteiger partial charge in [0.15, 0.2) is 0 Å². The van der Waals surface area contributed by atoms with E-state index in [9.17, 15) is 19.1 Å². The first kappa shape index (κ1) is 26.6. The standard InChI is InChI=1S/C26H25Cl2FN2O4/c1-26(15-35-2,25(33)34)13-20(31-24(32)23-10-8-19(28)14-30-23)11-16-3-5-17(6-4-16)21-12-18(27)7-9-22(21)29/h3-10,12,14,20H,11,13,15H2,1-2H3,(H,31,32)(H,33,34)/t20-,26+/m1/s1. The van der Waals surface area contributed by atoms with Gasteiger partial charge in [-0.25, -0.2) is 9.37 Å². The summed E-state index contributed by atoms with van der Waals surface area (Å²) in [5.74, 6) is -1.87. The maximum atomic E-state index is 14.2. The molecular formula is C26H25Cl2FN2O4. The van der Waals surface area contributed by atoms with E-state index in [4.69, 9.17) is 27.9 Å². The molecule has 3 aromatic rings. The minimum atomic E-state index is -1.23. The fourth-order valence-corrected chi connectivity index (χ4v) is 4.12. The molecule has 0 unspecified atom stereocenters. The molecule has 0 aliphatic carbocycles. The minimum Gasteiger partial charge on any atom is -0.481 e. The zero-order valence-corrected chi connectivity index (χ0v) is 20.7. The molecule has 0 aliphatic rings. The number of carbonyl (C=O) groups excluding carboxylic acids is 1. The topological polar surface area (TPSA) is 88.5 Å². The average Bonchev–Trinajstić information content (AvgIpc) is 2.81. The number of hydrogen-bond acceptors (Lipinski definition) is 4. The molecule has 1 amide bonds. The molecule has 1 heterocycles. The molecule has 35 heavy (non-hydrogen) atoms. The molecule has 0 spiro atoms. The minimum absolute atomic E-state index is 0.0269. The van der Waals surface area contributed by atoms with Crippen molar-refractivity contribution in [3.63, 3.8) is 0 Å². The summed E-state index contributed by atoms with van der Waals surface area (Å²) in [5.41, 5.74) is 0.783. The van der Waals surface area contributed by atoms with E-state index in [2.05, 4.69) is 10.3 Å². The largest absolute Gasteiger partial charge is 0.481 e. The van der Waals surface area contributed by atoms with E-state index < -0.39 is 23.3 Å². The lowest BCUT2D eigenvalue weighted by Crippen LogP contribution is -2.44. The van der Waals surface area contributed by atoms with Crippen LogP contribution in [-0.2, 0) is 16.0 Å². The van der Waals surface area contributed by atoms with Crippen molar-refractivity contribution in [1.82, 2.24) is 10.3 Å². The first-order chi connectivity index (χ1) is 16.6. The zero-order valence-electron chi connectivity index (χ0n) is 19.2. The van der Waals surface area contributed by atoms with Gasteiger partial charge < -0.3 is 15.2 Å². The van der Waals surface area contributed by atoms with Crippen LogP contribution in [0.2, 0.25) is 10.0 Å². The number of nitrogens with zero attached hydrogens (tertiary/aromatic N) is 1. The van der Waals surface area contributed by atoms with Crippen molar-refractivity contribution < 1.29 is 23.8 Å². The fourth-order valence-electron chi connectivity index (χ4n) is 3.84. The number of pyridine rings is 1. The number of aliphatic carboxylic acids is 1. The van der Waals surface area contributed by atoms with Crippen molar-refractivity contribution in [3.05, 3.63) is 87.9 Å². The Kier molecular flexibility index (Phi) is 8.83. The highest BCUT2D eigenvalue weighted by atomic mass is 35.5. The number of carbonyl (C=O) groups is 2. The Labute approximate surface area is 213 Å². The second-order valence-corrected chi connectivity index (χ2v) is 9.43. The molecule has 2 N–H and O–H groups in total. The highest BCUT2D eigenvalue weighted by Crippen LogP contribution is 2.28. The number of amides is 1. The Balaban J connectivity index is 1.85. The van der Waals surface area contributed by atoms with Crippen LogP contribution in [-0.4, -0.2) is 41.7 Å². The summed E-state index contributed by atoms with van der Waals surface area (Å²) in [7, 11) is 1.43. The summed E-state index contributed by atoms with van der Waals surface area (Å²) < 4.78 is 19.4. The molecule has 0 bridgehead atoms. The number of nitrogens with one attached hydrogen (secondary N) is 1. The summed E-state index contributed by atoms with van der Waals surface area (Å²) in [6.45, 7) is 1.55. The number of methoxy groups -OCH3 is 1. The monoisotopic (exact) mass is 518 g/mol. The van der Waals surface area contributed by atoms with Gasteiger partial charge in [-0.3, -0.25) is 9.59 Å². The van der Waals surface area contributed by atoms with Gasteiger partial charge in [0.25, 0.3) is 5.91 Å². The number of aromatic nitrogens is 1. The van der Waals surface area contributed by atoms with Crippen molar-refractivity contribution in [1.29, 1.82) is 0 Å². The van der Waals surface area contributed by atoms with Crippen LogP contribution in [0.25, 0.3) is 11.1 Å². The van der Waals surface area contributed by atoms with Gasteiger partial charge in [-0.15, -0.1) is 0 Å². The van der Waals surface area contributed by atoms with E-state index in [1.54, 1.807) is 31.2 Å². The van der Waals surface area contributed by atoms with E-state index >= 15 is 0 Å². The molecule has 9 heteroatoms. The number of benzene rings is 2. The van der Waals surface area contributed by atoms with Gasteiger partial charge >= 0.3 is 5.97 Å². The molecule has 0 saturated carbocycles. The molecule has 1 aromatic heterocycles. The van der Waals surface area contributed by atoms with Crippen LogP contribution >= 0.6 is 23.2 Å². The van der Waals surface area contributed by atoms with Crippen LogP contribution in [0.5, 0.6) is 0 Å². The lowest BCUT2D eigenvalue weighted by atomic mass is 9.82. The van der Waals surface area contributed by atoms with Crippen LogP contribution < -0.4 is 5.32 Å². The van der Waals surface area contributed by atoms with Gasteiger partial charge in [0, 0.05) is 29.9 Å². The van der Waals surface area contributed by atoms with Crippen molar-refractivity contribution in [3.8, 4) is 11.1 Å². The van der Waals surface area contributed by atoms with Gasteiger partial charge in [-0.2, -0.15) is 0 Å². The van der Waals surface area contributed by atoms with E-state index in [0.717, 1.165) is 5.56 Å². The molecule has 6 nitrogen and oxygen atoms in total. The van der Waals surface area contributed by atoms with Gasteiger partial charge in [0.1, 0.15) is 11.5 Å². The number of ether oxygens (including phenoxy) is 1. The predicted octanol–water partition coefficient (Wildman–Crippen LogP) is 5.66. The maximum Gasteiger partial charge on any atom is 0.311 e. The second-order valence-electron chi connectivity index (χ2n) is 8.56. The molecule has 0 aliphatic heterocycles. The molecule has 0 radical (unpaired) electrons. The van der Waals surface area contributed by atoms with Crippen LogP contribution in [0.15, 0.2) is 60.8 Å². The van der Waals surface area contributed by atoms with Crippen LogP contribution in [0.3, 0.4) is 0 Å². The van der Waals surface area contributed by atoms with Crippen LogP contribution in [0.1, 0.15) is 29.4 Å². The molecule has 2 atom stereocenters. The SMILES string of the molecule is COC[C@](C)(C[C@@H](Cc1ccc(-c2cc(Cl)ccc2F)cc1)NC(=O)c1ccc(Cl)cn1)C(=O)O. The summed E-state index contributed by atoms with van der Waals surface area (Å²) in [6, 6.07) is 14.0. The summed E-state index contributed by atoms with van der Waals surface area (Å²) in [6.07, 6.45) is 1.82. The normalized spacial score (nSPS) is 13.6. The lowest BCUT2D eigenvalue weighted by molar-refractivity contribution is -0.152. The van der Waals surface area contributed by atoms with E-state index in [1.807, 2.05) is 12.1 Å². The molecule has 0 fully saturated rings. The van der Waals surface area contributed by atoms with E-state index in [1.165, 1.54) is 31.5 Å².